The first kappa shape index (κ1) is 17.4. The summed E-state index contributed by atoms with van der Waals surface area (Å²) in [7, 11) is 0. The lowest BCUT2D eigenvalue weighted by atomic mass is 9.81. The summed E-state index contributed by atoms with van der Waals surface area (Å²) in [6.07, 6.45) is 12.6. The summed E-state index contributed by atoms with van der Waals surface area (Å²) in [5.41, 5.74) is 3.49. The number of para-hydroxylation sites is 1. The number of nitrogens with zero attached hydrogens (tertiary/aromatic N) is 3. The van der Waals surface area contributed by atoms with Gasteiger partial charge >= 0.3 is 0 Å². The molecule has 1 saturated carbocycles. The SMILES string of the molecule is c1ccc2sc(Nc3ccc(C(C4CCCCC4)n4ccnc4)cc3)nc2c1. The zero-order chi connectivity index (χ0) is 18.8. The lowest BCUT2D eigenvalue weighted by Crippen LogP contribution is -2.22. The Labute approximate surface area is 169 Å². The second-order valence-corrected chi connectivity index (χ2v) is 8.62. The van der Waals surface area contributed by atoms with Crippen LogP contribution in [0.15, 0.2) is 67.3 Å². The maximum atomic E-state index is 4.67. The third-order valence-corrected chi connectivity index (χ3v) is 6.69. The summed E-state index contributed by atoms with van der Waals surface area (Å²) >= 11 is 1.69. The molecule has 1 aliphatic rings. The number of rotatable bonds is 5. The van der Waals surface area contributed by atoms with Crippen LogP contribution < -0.4 is 5.32 Å². The van der Waals surface area contributed by atoms with E-state index < -0.39 is 0 Å². The predicted molar refractivity (Wildman–Crippen MR) is 116 cm³/mol. The van der Waals surface area contributed by atoms with Gasteiger partial charge in [-0.3, -0.25) is 0 Å². The molecule has 0 radical (unpaired) electrons. The zero-order valence-electron chi connectivity index (χ0n) is 15.8. The highest BCUT2D eigenvalue weighted by atomic mass is 32.1. The maximum absolute atomic E-state index is 4.67. The highest BCUT2D eigenvalue weighted by Gasteiger charge is 2.26. The number of benzene rings is 2. The molecular formula is C23H24N4S. The Morgan fingerprint density at radius 1 is 1.00 bits per heavy atom. The smallest absolute Gasteiger partial charge is 0.188 e. The van der Waals surface area contributed by atoms with Crippen LogP contribution in [0.1, 0.15) is 43.7 Å². The Balaban J connectivity index is 1.39. The van der Waals surface area contributed by atoms with Crippen LogP contribution in [0.25, 0.3) is 10.2 Å². The lowest BCUT2D eigenvalue weighted by Gasteiger charge is -2.31. The molecule has 1 unspecified atom stereocenters. The van der Waals surface area contributed by atoms with Crippen LogP contribution in [-0.2, 0) is 0 Å². The monoisotopic (exact) mass is 388 g/mol. The standard InChI is InChI=1S/C23H24N4S/c1-2-6-17(7-3-1)22(27-15-14-24-16-27)18-10-12-19(13-11-18)25-23-26-20-8-4-5-9-21(20)28-23/h4-5,8-17,22H,1-3,6-7H2,(H,25,26). The summed E-state index contributed by atoms with van der Waals surface area (Å²) in [5, 5.41) is 4.40. The topological polar surface area (TPSA) is 42.7 Å². The van der Waals surface area contributed by atoms with Gasteiger partial charge in [-0.1, -0.05) is 54.9 Å². The summed E-state index contributed by atoms with van der Waals surface area (Å²) in [6.45, 7) is 0. The molecule has 2 aromatic heterocycles. The fraction of sp³-hybridized carbons (Fsp3) is 0.304. The quantitative estimate of drug-likeness (QED) is 0.430. The molecule has 28 heavy (non-hydrogen) atoms. The minimum absolute atomic E-state index is 0.374. The number of hydrogen-bond donors (Lipinski definition) is 1. The molecule has 142 valence electrons. The number of aromatic nitrogens is 3. The van der Waals surface area contributed by atoms with E-state index in [1.54, 1.807) is 11.3 Å². The maximum Gasteiger partial charge on any atom is 0.188 e. The molecule has 1 atom stereocenters. The minimum atomic E-state index is 0.374. The molecule has 1 N–H and O–H groups in total. The highest BCUT2D eigenvalue weighted by molar-refractivity contribution is 7.22. The third-order valence-electron chi connectivity index (χ3n) is 5.74. The van der Waals surface area contributed by atoms with Gasteiger partial charge in [-0.15, -0.1) is 0 Å². The van der Waals surface area contributed by atoms with E-state index >= 15 is 0 Å². The summed E-state index contributed by atoms with van der Waals surface area (Å²) < 4.78 is 3.49. The van der Waals surface area contributed by atoms with Crippen molar-refractivity contribution in [2.24, 2.45) is 5.92 Å². The summed E-state index contributed by atoms with van der Waals surface area (Å²) in [5.74, 6) is 0.686. The van der Waals surface area contributed by atoms with Gasteiger partial charge in [0.15, 0.2) is 5.13 Å². The molecule has 0 amide bonds. The molecule has 5 heteroatoms. The Bertz CT molecular complexity index is 997. The molecule has 2 heterocycles. The second kappa shape index (κ2) is 7.76. The van der Waals surface area contributed by atoms with E-state index in [-0.39, 0.29) is 0 Å². The first-order valence-corrected chi connectivity index (χ1v) is 10.9. The van der Waals surface area contributed by atoms with Gasteiger partial charge in [-0.05, 0) is 48.6 Å². The van der Waals surface area contributed by atoms with Gasteiger partial charge in [0.2, 0.25) is 0 Å². The van der Waals surface area contributed by atoms with Crippen molar-refractivity contribution in [2.45, 2.75) is 38.1 Å². The molecule has 0 spiro atoms. The molecule has 5 rings (SSSR count). The van der Waals surface area contributed by atoms with Crippen molar-refractivity contribution in [2.75, 3.05) is 5.32 Å². The molecule has 1 fully saturated rings. The molecule has 0 aliphatic heterocycles. The molecule has 0 saturated heterocycles. The molecule has 4 aromatic rings. The Morgan fingerprint density at radius 3 is 2.57 bits per heavy atom. The van der Waals surface area contributed by atoms with E-state index in [2.05, 4.69) is 68.5 Å². The van der Waals surface area contributed by atoms with Gasteiger partial charge in [-0.25, -0.2) is 9.97 Å². The Kier molecular flexibility index (Phi) is 4.83. The van der Waals surface area contributed by atoms with Crippen molar-refractivity contribution >= 4 is 32.4 Å². The van der Waals surface area contributed by atoms with Crippen LogP contribution >= 0.6 is 11.3 Å². The minimum Gasteiger partial charge on any atom is -0.332 e. The fourth-order valence-electron chi connectivity index (χ4n) is 4.38. The second-order valence-electron chi connectivity index (χ2n) is 7.59. The van der Waals surface area contributed by atoms with Crippen LogP contribution in [0.2, 0.25) is 0 Å². The van der Waals surface area contributed by atoms with E-state index in [4.69, 9.17) is 0 Å². The van der Waals surface area contributed by atoms with Crippen molar-refractivity contribution < 1.29 is 0 Å². The molecule has 2 aromatic carbocycles. The first-order chi connectivity index (χ1) is 13.9. The number of fused-ring (bicyclic) bond motifs is 1. The van der Waals surface area contributed by atoms with E-state index in [1.165, 1.54) is 42.4 Å². The lowest BCUT2D eigenvalue weighted by molar-refractivity contribution is 0.279. The van der Waals surface area contributed by atoms with Crippen molar-refractivity contribution in [1.29, 1.82) is 0 Å². The van der Waals surface area contributed by atoms with Gasteiger partial charge in [-0.2, -0.15) is 0 Å². The van der Waals surface area contributed by atoms with E-state index in [0.29, 0.717) is 12.0 Å². The van der Waals surface area contributed by atoms with Crippen LogP contribution in [0, 0.1) is 5.92 Å². The van der Waals surface area contributed by atoms with Gasteiger partial charge in [0.1, 0.15) is 0 Å². The summed E-state index contributed by atoms with van der Waals surface area (Å²) in [6, 6.07) is 17.5. The average Bonchev–Trinajstić information content (AvgIpc) is 3.40. The van der Waals surface area contributed by atoms with Crippen LogP contribution in [0.5, 0.6) is 0 Å². The number of hydrogen-bond acceptors (Lipinski definition) is 4. The summed E-state index contributed by atoms with van der Waals surface area (Å²) in [4.78, 5) is 8.98. The molecule has 4 nitrogen and oxygen atoms in total. The fourth-order valence-corrected chi connectivity index (χ4v) is 5.27. The first-order valence-electron chi connectivity index (χ1n) is 10.1. The van der Waals surface area contributed by atoms with Gasteiger partial charge in [0, 0.05) is 18.1 Å². The van der Waals surface area contributed by atoms with Crippen molar-refractivity contribution in [3.63, 3.8) is 0 Å². The van der Waals surface area contributed by atoms with Crippen LogP contribution in [-0.4, -0.2) is 14.5 Å². The van der Waals surface area contributed by atoms with Crippen molar-refractivity contribution in [1.82, 2.24) is 14.5 Å². The van der Waals surface area contributed by atoms with Gasteiger partial charge < -0.3 is 9.88 Å². The molecular weight excluding hydrogens is 364 g/mol. The zero-order valence-corrected chi connectivity index (χ0v) is 16.6. The Morgan fingerprint density at radius 2 is 1.82 bits per heavy atom. The van der Waals surface area contributed by atoms with Crippen LogP contribution in [0.4, 0.5) is 10.8 Å². The third kappa shape index (κ3) is 3.54. The van der Waals surface area contributed by atoms with E-state index in [9.17, 15) is 0 Å². The van der Waals surface area contributed by atoms with Gasteiger partial charge in [0.05, 0.1) is 22.6 Å². The van der Waals surface area contributed by atoms with Crippen molar-refractivity contribution in [3.05, 3.63) is 72.8 Å². The number of thiazole rings is 1. The predicted octanol–water partition coefficient (Wildman–Crippen LogP) is 6.41. The van der Waals surface area contributed by atoms with E-state index in [0.717, 1.165) is 16.3 Å². The average molecular weight is 389 g/mol. The van der Waals surface area contributed by atoms with E-state index in [1.807, 2.05) is 18.6 Å². The molecule has 0 bridgehead atoms. The Hall–Kier alpha value is -2.66. The largest absolute Gasteiger partial charge is 0.332 e. The van der Waals surface area contributed by atoms with Crippen LogP contribution in [0.3, 0.4) is 0 Å². The van der Waals surface area contributed by atoms with Crippen molar-refractivity contribution in [3.8, 4) is 0 Å². The van der Waals surface area contributed by atoms with Gasteiger partial charge in [0.25, 0.3) is 0 Å². The number of nitrogens with one attached hydrogen (secondary N) is 1. The number of imidazole rings is 1. The molecule has 1 aliphatic carbocycles. The normalized spacial score (nSPS) is 16.3. The highest BCUT2D eigenvalue weighted by Crippen LogP contribution is 2.37. The number of anilines is 2.